The molecule has 0 spiro atoms. The number of hydrogen-bond acceptors (Lipinski definition) is 9. The Hall–Kier alpha value is -6.90. The van der Waals surface area contributed by atoms with Gasteiger partial charge in [0.1, 0.15) is 36.1 Å². The molecule has 19 nitrogen and oxygen atoms in total. The van der Waals surface area contributed by atoms with Gasteiger partial charge in [-0.1, -0.05) is 0 Å². The lowest BCUT2D eigenvalue weighted by Crippen LogP contribution is -2.51. The molecule has 111 heavy (non-hydrogen) atoms. The summed E-state index contributed by atoms with van der Waals surface area (Å²) in [7, 11) is -3.11. The standard InChI is InChI=1S/3C14H23N2.C13H21N2O2S.3C12H22N3/c1-11(2)15-7-5-14-10-16(12(3)4)8-6-13(14)9-15;2*1-11(2)15-9-7-14-13(10-15)6-5-8-16(14)12(3)4;1-10(2)14-6-5-13-12(9-14)15(11(3)4)7-8-18(13,16)17;1-10(2)13-7-5-8-15-12(13)6-9-14(15)11(3)4;1-10(2)14-6-5-13-7-8-15(11(3)4)12(13)9-14;1-10(2)14-7-5-6-13-8-9-15(11(3)4)12(13)14/h5,7,9,11-12H,6,8,10H2,1-4H3;2*7,9-12H,5-6,8H2,1-4H3;5-6,9-11H,7-8H2,1-4H3;6,9-11H,5,7-8H2,1-4H3;7-8,10-11H,5-6,9H2,1-4H3;8-11H,5-7H2,1-4H3/q7*+1. The average Bonchev–Trinajstić information content (AvgIpc) is 1.70. The number of anilines is 5. The molecule has 0 aromatic carbocycles. The predicted molar refractivity (Wildman–Crippen MR) is 458 cm³/mol. The number of nitrogens with zero attached hydrogens (tertiary/aromatic N) is 17. The van der Waals surface area contributed by atoms with Gasteiger partial charge in [-0.2, -0.15) is 0 Å². The minimum absolute atomic E-state index is 0.212. The molecular weight excluding hydrogens is 1400 g/mol. The van der Waals surface area contributed by atoms with Crippen molar-refractivity contribution in [2.45, 2.75) is 361 Å². The van der Waals surface area contributed by atoms with Crippen molar-refractivity contribution < 1.29 is 40.5 Å². The number of aryl methyl sites for hydroxylation is 3. The molecule has 0 bridgehead atoms. The molecule has 7 aliphatic rings. The highest BCUT2D eigenvalue weighted by Crippen LogP contribution is 2.33. The van der Waals surface area contributed by atoms with E-state index in [1.807, 2.05) is 12.4 Å². The second-order valence-electron chi connectivity index (χ2n) is 36.1. The summed E-state index contributed by atoms with van der Waals surface area (Å²) in [4.78, 5) is 17.7. The van der Waals surface area contributed by atoms with E-state index in [1.54, 1.807) is 6.07 Å². The lowest BCUT2D eigenvalue weighted by Gasteiger charge is -2.33. The molecule has 0 aliphatic carbocycles. The van der Waals surface area contributed by atoms with Gasteiger partial charge in [-0.25, -0.2) is 45.0 Å². The molecule has 0 fully saturated rings. The third kappa shape index (κ3) is 23.0. The minimum Gasteiger partial charge on any atom is -0.369 e. The second-order valence-corrected chi connectivity index (χ2v) is 38.2. The van der Waals surface area contributed by atoms with Crippen LogP contribution in [0.2, 0.25) is 0 Å². The van der Waals surface area contributed by atoms with Crippen LogP contribution in [0.5, 0.6) is 0 Å². The normalized spacial score (nSPS) is 16.7. The van der Waals surface area contributed by atoms with Crippen molar-refractivity contribution in [2.24, 2.45) is 0 Å². The summed E-state index contributed by atoms with van der Waals surface area (Å²) in [5.41, 5.74) is 9.79. The molecule has 14 heterocycles. The van der Waals surface area contributed by atoms with Crippen LogP contribution in [0.1, 0.15) is 290 Å². The van der Waals surface area contributed by atoms with Gasteiger partial charge in [-0.15, -0.1) is 9.36 Å². The summed E-state index contributed by atoms with van der Waals surface area (Å²) in [6.45, 7) is 75.9. The van der Waals surface area contributed by atoms with Crippen molar-refractivity contribution in [1.29, 1.82) is 0 Å². The third-order valence-electron chi connectivity index (χ3n) is 23.3. The van der Waals surface area contributed by atoms with Gasteiger partial charge in [0, 0.05) is 129 Å². The van der Waals surface area contributed by atoms with Gasteiger partial charge < -0.3 is 19.6 Å². The summed E-state index contributed by atoms with van der Waals surface area (Å²) in [6, 6.07) is 18.5. The number of fused-ring (bicyclic) bond motifs is 7. The van der Waals surface area contributed by atoms with Crippen LogP contribution in [-0.2, 0) is 61.8 Å². The van der Waals surface area contributed by atoms with E-state index in [4.69, 9.17) is 0 Å². The molecule has 20 heteroatoms. The van der Waals surface area contributed by atoms with Crippen molar-refractivity contribution >= 4 is 38.7 Å². The Labute approximate surface area is 675 Å². The summed E-state index contributed by atoms with van der Waals surface area (Å²) >= 11 is 0. The average molecular weight is 1550 g/mol. The maximum absolute atomic E-state index is 12.1. The summed E-state index contributed by atoms with van der Waals surface area (Å²) < 4.78 is 47.4. The molecule has 14 rings (SSSR count). The zero-order valence-electron chi connectivity index (χ0n) is 74.9. The van der Waals surface area contributed by atoms with E-state index < -0.39 is 9.84 Å². The number of sulfone groups is 1. The van der Waals surface area contributed by atoms with Crippen LogP contribution < -0.4 is 56.6 Å². The van der Waals surface area contributed by atoms with E-state index in [2.05, 4.69) is 366 Å². The first-order chi connectivity index (χ1) is 52.4. The van der Waals surface area contributed by atoms with Crippen LogP contribution in [0.4, 0.5) is 28.8 Å². The number of hydrogen-bond donors (Lipinski definition) is 0. The summed E-state index contributed by atoms with van der Waals surface area (Å²) in [6.07, 6.45) is 37.2. The fraction of sp³-hybridized carbons (Fsp3) is 0.681. The van der Waals surface area contributed by atoms with Gasteiger partial charge >= 0.3 is 5.95 Å². The van der Waals surface area contributed by atoms with E-state index in [0.717, 1.165) is 38.4 Å². The highest BCUT2D eigenvalue weighted by atomic mass is 32.2. The lowest BCUT2D eigenvalue weighted by molar-refractivity contribution is -0.791. The number of aromatic nitrogens is 10. The predicted octanol–water partition coefficient (Wildman–Crippen LogP) is 14.8. The van der Waals surface area contributed by atoms with Crippen LogP contribution in [0.15, 0.2) is 116 Å². The zero-order chi connectivity index (χ0) is 81.6. The van der Waals surface area contributed by atoms with Crippen molar-refractivity contribution in [2.75, 3.05) is 76.1 Å². The van der Waals surface area contributed by atoms with Gasteiger partial charge in [-0.05, 0) is 238 Å². The minimum atomic E-state index is -3.11. The highest BCUT2D eigenvalue weighted by molar-refractivity contribution is 7.91. The molecule has 0 saturated heterocycles. The Bertz CT molecular complexity index is 4080. The molecule has 0 atom stereocenters. The smallest absolute Gasteiger partial charge is 0.360 e. The largest absolute Gasteiger partial charge is 0.369 e. The molecule has 0 saturated carbocycles. The fourth-order valence-electron chi connectivity index (χ4n) is 16.4. The maximum Gasteiger partial charge on any atom is 0.360 e. The van der Waals surface area contributed by atoms with Gasteiger partial charge in [-0.3, -0.25) is 14.7 Å². The quantitative estimate of drug-likeness (QED) is 0.0986. The van der Waals surface area contributed by atoms with Crippen molar-refractivity contribution in [3.63, 3.8) is 0 Å². The Morgan fingerprint density at radius 1 is 0.333 bits per heavy atom. The molecule has 0 N–H and O–H groups in total. The van der Waals surface area contributed by atoms with Crippen LogP contribution >= 0.6 is 0 Å². The number of pyridine rings is 4. The van der Waals surface area contributed by atoms with Gasteiger partial charge in [0.15, 0.2) is 102 Å². The van der Waals surface area contributed by atoms with Crippen LogP contribution in [-0.4, -0.2) is 126 Å². The molecule has 0 unspecified atom stereocenters. The Morgan fingerprint density at radius 2 is 0.793 bits per heavy atom. The SMILES string of the molecule is CC(C)N1CCC[n+]2ccn(C(C)C)c21.CC(C)N1CCCc2c[n+](C(C)C)ccc21.CC(C)N1CCCc2c[n+](C(C)C)ccc21.CC(C)N1CCCn2c1cc[n+]2C(C)C.CC(C)N1CCS(=O)(=O)c2cc[n+](C(C)C)cc21.CC(C)N1CC[n+]2ccn(C(C)C)c2C1.CC(C)N1CCc2c[n+](C(C)C)ccc2C1. The zero-order valence-corrected chi connectivity index (χ0v) is 75.8. The first-order valence-corrected chi connectivity index (χ1v) is 45.0. The second kappa shape index (κ2) is 40.4. The van der Waals surface area contributed by atoms with E-state index in [1.165, 1.54) is 135 Å². The summed E-state index contributed by atoms with van der Waals surface area (Å²) in [5.74, 6) is 4.42. The first kappa shape index (κ1) is 89.6. The van der Waals surface area contributed by atoms with Crippen molar-refractivity contribution in [1.82, 2.24) is 23.6 Å². The van der Waals surface area contributed by atoms with Gasteiger partial charge in [0.05, 0.1) is 73.3 Å². The maximum atomic E-state index is 12.1. The van der Waals surface area contributed by atoms with Gasteiger partial charge in [0.25, 0.3) is 5.82 Å². The Kier molecular flexibility index (Phi) is 32.6. The number of rotatable bonds is 14. The number of imidazole rings is 2. The molecule has 616 valence electrons. The van der Waals surface area contributed by atoms with Crippen LogP contribution in [0.25, 0.3) is 0 Å². The Morgan fingerprint density at radius 3 is 1.30 bits per heavy atom. The lowest BCUT2D eigenvalue weighted by atomic mass is 10.0. The monoisotopic (exact) mass is 1550 g/mol. The molecule has 7 aliphatic heterocycles. The molecule has 0 amide bonds. The van der Waals surface area contributed by atoms with E-state index in [0.29, 0.717) is 96.0 Å². The van der Waals surface area contributed by atoms with Crippen LogP contribution in [0.3, 0.4) is 0 Å². The van der Waals surface area contributed by atoms with Crippen LogP contribution in [0, 0.1) is 0 Å². The van der Waals surface area contributed by atoms with Crippen molar-refractivity contribution in [3.8, 4) is 0 Å². The van der Waals surface area contributed by atoms with Crippen molar-refractivity contribution in [3.05, 3.63) is 139 Å². The molecule has 7 aromatic rings. The summed E-state index contributed by atoms with van der Waals surface area (Å²) in [5, 5.41) is 0. The molecule has 0 radical (unpaired) electrons. The fourth-order valence-corrected chi connectivity index (χ4v) is 17.8. The molecule has 7 aromatic heterocycles. The topological polar surface area (TPSA) is 98.8 Å². The van der Waals surface area contributed by atoms with Gasteiger partial charge in [0.2, 0.25) is 0 Å². The third-order valence-corrected chi connectivity index (χ3v) is 25.0. The first-order valence-electron chi connectivity index (χ1n) is 43.4. The highest BCUT2D eigenvalue weighted by Gasteiger charge is 2.36. The molecular formula is C91H156N17O2S+7. The van der Waals surface area contributed by atoms with E-state index in [9.17, 15) is 8.42 Å². The Balaban J connectivity index is 0.000000163. The van der Waals surface area contributed by atoms with E-state index >= 15 is 0 Å². The van der Waals surface area contributed by atoms with E-state index in [-0.39, 0.29) is 5.75 Å².